The van der Waals surface area contributed by atoms with E-state index in [1.54, 1.807) is 0 Å². The molecule has 0 unspecified atom stereocenters. The summed E-state index contributed by atoms with van der Waals surface area (Å²) in [7, 11) is 0. The number of aromatic carboxylic acids is 1. The molecule has 11 heavy (non-hydrogen) atoms. The van der Waals surface area contributed by atoms with Gasteiger partial charge in [-0.15, -0.1) is 0 Å². The second-order valence-corrected chi connectivity index (χ2v) is 1.89. The number of carbonyl (C=O) groups is 1. The molecule has 0 saturated heterocycles. The van der Waals surface area contributed by atoms with E-state index in [4.69, 9.17) is 18.7 Å². The molecular weight excluding hydrogens is 146 g/mol. The number of carboxylic acid groups (broad SMARTS) is 1. The molecule has 0 saturated carbocycles. The highest BCUT2D eigenvalue weighted by atomic mass is 16.4. The number of hydrogen-bond donors (Lipinski definition) is 3. The maximum Gasteiger partial charge on any atom is 0.339 e. The Morgan fingerprint density at radius 1 is 1.73 bits per heavy atom. The maximum absolute atomic E-state index is 10.5. The lowest BCUT2D eigenvalue weighted by Crippen LogP contribution is -1.97. The van der Waals surface area contributed by atoms with E-state index in [1.807, 2.05) is 0 Å². The van der Waals surface area contributed by atoms with Crippen LogP contribution in [0.2, 0.25) is 0 Å². The van der Waals surface area contributed by atoms with Gasteiger partial charge in [-0.05, 0) is 12.1 Å². The molecule has 4 heteroatoms. The van der Waals surface area contributed by atoms with Gasteiger partial charge in [0.1, 0.15) is 11.3 Å². The van der Waals surface area contributed by atoms with Gasteiger partial charge in [-0.1, -0.05) is 0 Å². The number of nitrogen functional groups attached to an aromatic ring is 1. The Hall–Kier alpha value is -1.71. The van der Waals surface area contributed by atoms with Gasteiger partial charge in [-0.3, -0.25) is 0 Å². The Kier molecular flexibility index (Phi) is 1.14. The van der Waals surface area contributed by atoms with E-state index in [2.05, 4.69) is 0 Å². The summed E-state index contributed by atoms with van der Waals surface area (Å²) in [5, 5.41) is 17.7. The molecule has 0 amide bonds. The molecule has 0 aromatic heterocycles. The summed E-state index contributed by atoms with van der Waals surface area (Å²) in [6.07, 6.45) is 0. The van der Waals surface area contributed by atoms with Gasteiger partial charge in [-0.2, -0.15) is 0 Å². The van der Waals surface area contributed by atoms with Crippen LogP contribution >= 0.6 is 0 Å². The SMILES string of the molecule is [2H]c1cc(C(=O)O)c(O)c([2H])c1N. The molecule has 58 valence electrons. The number of aromatic hydroxyl groups is 1. The molecule has 4 N–H and O–H groups in total. The number of phenols is 1. The molecule has 0 atom stereocenters. The molecule has 0 bridgehead atoms. The number of nitrogens with two attached hydrogens (primary N) is 1. The van der Waals surface area contributed by atoms with Gasteiger partial charge in [0, 0.05) is 11.7 Å². The van der Waals surface area contributed by atoms with Gasteiger partial charge in [0.25, 0.3) is 0 Å². The second kappa shape index (κ2) is 2.49. The third-order valence-electron chi connectivity index (χ3n) is 1.11. The minimum absolute atomic E-state index is 0.234. The minimum Gasteiger partial charge on any atom is -0.507 e. The molecule has 0 aliphatic rings. The molecule has 4 nitrogen and oxygen atoms in total. The van der Waals surface area contributed by atoms with E-state index in [0.717, 1.165) is 6.07 Å². The zero-order valence-corrected chi connectivity index (χ0v) is 5.46. The summed E-state index contributed by atoms with van der Waals surface area (Å²) in [4.78, 5) is 10.5. The molecule has 1 aromatic carbocycles. The summed E-state index contributed by atoms with van der Waals surface area (Å²) in [6, 6.07) is 0.107. The highest BCUT2D eigenvalue weighted by Crippen LogP contribution is 2.19. The third-order valence-corrected chi connectivity index (χ3v) is 1.11. The average molecular weight is 155 g/mol. The monoisotopic (exact) mass is 155 g/mol. The van der Waals surface area contributed by atoms with Crippen LogP contribution in [0.25, 0.3) is 0 Å². The standard InChI is InChI=1S/C7H7NO3/c8-4-1-2-5(7(10)11)6(9)3-4/h1-3,9H,8H2,(H,10,11)/i1D,3D. The first kappa shape index (κ1) is 5.01. The summed E-state index contributed by atoms with van der Waals surface area (Å²) < 4.78 is 14.3. The van der Waals surface area contributed by atoms with Crippen LogP contribution in [0.1, 0.15) is 13.1 Å². The molecule has 0 fully saturated rings. The largest absolute Gasteiger partial charge is 0.507 e. The number of hydrogen-bond acceptors (Lipinski definition) is 3. The van der Waals surface area contributed by atoms with Crippen LogP contribution in [-0.2, 0) is 0 Å². The lowest BCUT2D eigenvalue weighted by Gasteiger charge is -1.98. The van der Waals surface area contributed by atoms with Crippen LogP contribution in [0.15, 0.2) is 18.2 Å². The summed E-state index contributed by atoms with van der Waals surface area (Å²) >= 11 is 0. The molecule has 0 spiro atoms. The second-order valence-electron chi connectivity index (χ2n) is 1.89. The smallest absolute Gasteiger partial charge is 0.339 e. The zero-order valence-electron chi connectivity index (χ0n) is 7.46. The summed E-state index contributed by atoms with van der Waals surface area (Å²) in [6.45, 7) is 0. The van der Waals surface area contributed by atoms with Crippen LogP contribution in [0, 0.1) is 0 Å². The lowest BCUT2D eigenvalue weighted by atomic mass is 10.2. The first-order chi connectivity index (χ1) is 5.95. The normalized spacial score (nSPS) is 12.0. The maximum atomic E-state index is 10.5. The molecule has 0 aliphatic heterocycles. The molecule has 1 rings (SSSR count). The fourth-order valence-corrected chi connectivity index (χ4v) is 0.612. The van der Waals surface area contributed by atoms with Crippen LogP contribution in [0.4, 0.5) is 5.69 Å². The summed E-state index contributed by atoms with van der Waals surface area (Å²) in [5.41, 5.74) is 4.51. The van der Waals surface area contributed by atoms with E-state index in [0.29, 0.717) is 0 Å². The lowest BCUT2D eigenvalue weighted by molar-refractivity contribution is 0.0694. The molecule has 0 heterocycles. The Bertz CT molecular complexity index is 378. The first-order valence-electron chi connectivity index (χ1n) is 3.77. The number of carboxylic acids is 1. The van der Waals surface area contributed by atoms with E-state index in [1.165, 1.54) is 0 Å². The van der Waals surface area contributed by atoms with Crippen molar-refractivity contribution in [1.82, 2.24) is 0 Å². The van der Waals surface area contributed by atoms with Gasteiger partial charge in [0.05, 0.1) is 2.74 Å². The van der Waals surface area contributed by atoms with Crippen molar-refractivity contribution in [3.8, 4) is 5.75 Å². The van der Waals surface area contributed by atoms with E-state index < -0.39 is 23.3 Å². The van der Waals surface area contributed by atoms with Crippen molar-refractivity contribution >= 4 is 11.7 Å². The Balaban J connectivity index is 3.50. The van der Waals surface area contributed by atoms with Crippen molar-refractivity contribution in [1.29, 1.82) is 0 Å². The topological polar surface area (TPSA) is 83.5 Å². The van der Waals surface area contributed by atoms with Crippen molar-refractivity contribution in [2.45, 2.75) is 0 Å². The zero-order chi connectivity index (χ0) is 10.2. The quantitative estimate of drug-likeness (QED) is 0.520. The van der Waals surface area contributed by atoms with Gasteiger partial charge in [0.2, 0.25) is 0 Å². The highest BCUT2D eigenvalue weighted by Gasteiger charge is 2.07. The predicted molar refractivity (Wildman–Crippen MR) is 39.5 cm³/mol. The van der Waals surface area contributed by atoms with Crippen molar-refractivity contribution in [3.63, 3.8) is 0 Å². The first-order valence-corrected chi connectivity index (χ1v) is 2.77. The Morgan fingerprint density at radius 3 is 2.91 bits per heavy atom. The molecule has 0 aliphatic carbocycles. The number of rotatable bonds is 1. The van der Waals surface area contributed by atoms with Crippen molar-refractivity contribution in [2.24, 2.45) is 0 Å². The molecule has 1 aromatic rings. The number of benzene rings is 1. The van der Waals surface area contributed by atoms with Crippen LogP contribution in [-0.4, -0.2) is 16.2 Å². The fraction of sp³-hybridized carbons (Fsp3) is 0. The highest BCUT2D eigenvalue weighted by molar-refractivity contribution is 5.91. The van der Waals surface area contributed by atoms with Gasteiger partial charge >= 0.3 is 5.97 Å². The predicted octanol–water partition coefficient (Wildman–Crippen LogP) is 0.673. The fourth-order valence-electron chi connectivity index (χ4n) is 0.612. The van der Waals surface area contributed by atoms with Gasteiger partial charge in [-0.25, -0.2) is 4.79 Å². The van der Waals surface area contributed by atoms with E-state index in [-0.39, 0.29) is 11.7 Å². The van der Waals surface area contributed by atoms with Crippen molar-refractivity contribution in [2.75, 3.05) is 5.73 Å². The summed E-state index contributed by atoms with van der Waals surface area (Å²) in [5.74, 6) is -2.10. The van der Waals surface area contributed by atoms with E-state index >= 15 is 0 Å². The Labute approximate surface area is 65.7 Å². The molecule has 0 radical (unpaired) electrons. The van der Waals surface area contributed by atoms with Gasteiger partial charge < -0.3 is 15.9 Å². The minimum atomic E-state index is -1.39. The van der Waals surface area contributed by atoms with Crippen LogP contribution in [0.5, 0.6) is 5.75 Å². The van der Waals surface area contributed by atoms with Crippen molar-refractivity contribution in [3.05, 3.63) is 23.7 Å². The average Bonchev–Trinajstić information content (AvgIpc) is 2.07. The number of anilines is 1. The van der Waals surface area contributed by atoms with Gasteiger partial charge in [0.15, 0.2) is 0 Å². The van der Waals surface area contributed by atoms with Crippen molar-refractivity contribution < 1.29 is 17.7 Å². The van der Waals surface area contributed by atoms with Crippen LogP contribution < -0.4 is 5.73 Å². The van der Waals surface area contributed by atoms with Crippen LogP contribution in [0.3, 0.4) is 0 Å². The van der Waals surface area contributed by atoms with E-state index in [9.17, 15) is 4.79 Å². The third kappa shape index (κ3) is 1.40. The molecular formula is C7H7NO3. The Morgan fingerprint density at radius 2 is 2.36 bits per heavy atom.